The zero-order valence-electron chi connectivity index (χ0n) is 17.7. The first kappa shape index (κ1) is 24.5. The molecule has 0 spiro atoms. The van der Waals surface area contributed by atoms with Gasteiger partial charge in [0.15, 0.2) is 0 Å². The number of amides is 1. The highest BCUT2D eigenvalue weighted by Crippen LogP contribution is 2.22. The Bertz CT molecular complexity index is 1270. The van der Waals surface area contributed by atoms with Crippen LogP contribution in [0.3, 0.4) is 0 Å². The summed E-state index contributed by atoms with van der Waals surface area (Å²) in [6.07, 6.45) is 2.63. The van der Waals surface area contributed by atoms with E-state index in [1.165, 1.54) is 0 Å². The summed E-state index contributed by atoms with van der Waals surface area (Å²) in [6.45, 7) is 3.60. The molecule has 0 unspecified atom stereocenters. The number of sulfonamides is 1. The van der Waals surface area contributed by atoms with Crippen LogP contribution in [-0.4, -0.2) is 37.9 Å². The number of hydrazone groups is 1. The van der Waals surface area contributed by atoms with Crippen molar-refractivity contribution in [2.75, 3.05) is 17.1 Å². The van der Waals surface area contributed by atoms with Crippen LogP contribution in [0.4, 0.5) is 5.69 Å². The molecule has 7 nitrogen and oxygen atoms in total. The average molecular weight is 629 g/mol. The van der Waals surface area contributed by atoms with Crippen LogP contribution in [0, 0.1) is 17.4 Å². The third-order valence-electron chi connectivity index (χ3n) is 4.73. The third kappa shape index (κ3) is 5.99. The van der Waals surface area contributed by atoms with Gasteiger partial charge in [-0.25, -0.2) is 13.8 Å². The van der Waals surface area contributed by atoms with Crippen LogP contribution in [0.25, 0.3) is 5.69 Å². The molecule has 168 valence electrons. The van der Waals surface area contributed by atoms with Gasteiger partial charge in [0.05, 0.1) is 18.2 Å². The van der Waals surface area contributed by atoms with E-state index in [-0.39, 0.29) is 6.54 Å². The summed E-state index contributed by atoms with van der Waals surface area (Å²) in [6, 6.07) is 16.8. The first-order valence-corrected chi connectivity index (χ1v) is 13.3. The van der Waals surface area contributed by atoms with Crippen LogP contribution in [0.5, 0.6) is 0 Å². The molecule has 1 N–H and O–H groups in total. The fraction of sp³-hybridized carbons (Fsp3) is 0.182. The number of rotatable bonds is 7. The van der Waals surface area contributed by atoms with Crippen molar-refractivity contribution in [3.05, 3.63) is 79.6 Å². The van der Waals surface area contributed by atoms with Gasteiger partial charge in [0, 0.05) is 30.7 Å². The summed E-state index contributed by atoms with van der Waals surface area (Å²) in [5.74, 6) is -0.536. The Labute approximate surface area is 209 Å². The van der Waals surface area contributed by atoms with E-state index in [4.69, 9.17) is 0 Å². The molecule has 0 fully saturated rings. The van der Waals surface area contributed by atoms with E-state index < -0.39 is 15.9 Å². The monoisotopic (exact) mass is 628 g/mol. The molecule has 32 heavy (non-hydrogen) atoms. The second-order valence-electron chi connectivity index (χ2n) is 7.18. The Balaban J connectivity index is 1.73. The standard InChI is InChI=1S/C22H22BrIN4O3S/c1-15-11-17(16(2)28(15)21-6-4-5-18(23)12-21)13-25-26-22(29)14-27(32(3,30)31)20-9-7-19(24)8-10-20/h4-13H,14H2,1-3H3,(H,26,29)/b25-13-. The Morgan fingerprint density at radius 1 is 1.19 bits per heavy atom. The number of hydrogen-bond donors (Lipinski definition) is 1. The Hall–Kier alpha value is -2.18. The number of carbonyl (C=O) groups is 1. The highest BCUT2D eigenvalue weighted by Gasteiger charge is 2.20. The zero-order valence-corrected chi connectivity index (χ0v) is 22.3. The first-order valence-electron chi connectivity index (χ1n) is 9.56. The number of halogens is 2. The summed E-state index contributed by atoms with van der Waals surface area (Å²) in [5.41, 5.74) is 6.70. The maximum absolute atomic E-state index is 12.4. The predicted molar refractivity (Wildman–Crippen MR) is 140 cm³/mol. The lowest BCUT2D eigenvalue weighted by Crippen LogP contribution is -2.39. The largest absolute Gasteiger partial charge is 0.318 e. The van der Waals surface area contributed by atoms with E-state index in [9.17, 15) is 13.2 Å². The third-order valence-corrected chi connectivity index (χ3v) is 7.08. The summed E-state index contributed by atoms with van der Waals surface area (Å²) in [4.78, 5) is 12.4. The second-order valence-corrected chi connectivity index (χ2v) is 11.2. The van der Waals surface area contributed by atoms with E-state index in [1.807, 2.05) is 44.2 Å². The van der Waals surface area contributed by atoms with Crippen molar-refractivity contribution in [3.8, 4) is 5.69 Å². The maximum Gasteiger partial charge on any atom is 0.260 e. The highest BCUT2D eigenvalue weighted by molar-refractivity contribution is 14.1. The number of aromatic nitrogens is 1. The fourth-order valence-electron chi connectivity index (χ4n) is 3.28. The van der Waals surface area contributed by atoms with Crippen LogP contribution in [0.15, 0.2) is 64.2 Å². The van der Waals surface area contributed by atoms with Crippen LogP contribution >= 0.6 is 38.5 Å². The molecule has 0 saturated carbocycles. The Morgan fingerprint density at radius 2 is 1.88 bits per heavy atom. The van der Waals surface area contributed by atoms with Gasteiger partial charge in [0.1, 0.15) is 6.54 Å². The van der Waals surface area contributed by atoms with Crippen molar-refractivity contribution in [1.82, 2.24) is 9.99 Å². The number of benzene rings is 2. The molecular weight excluding hydrogens is 607 g/mol. The van der Waals surface area contributed by atoms with Crippen molar-refractivity contribution in [2.24, 2.45) is 5.10 Å². The number of hydrogen-bond acceptors (Lipinski definition) is 4. The minimum absolute atomic E-state index is 0.367. The second kappa shape index (κ2) is 10.2. The Kier molecular flexibility index (Phi) is 7.78. The number of aryl methyl sites for hydroxylation is 1. The normalized spacial score (nSPS) is 11.7. The van der Waals surface area contributed by atoms with E-state index in [2.05, 4.69) is 53.6 Å². The molecule has 1 aromatic heterocycles. The van der Waals surface area contributed by atoms with E-state index in [1.54, 1.807) is 30.5 Å². The topological polar surface area (TPSA) is 83.8 Å². The van der Waals surface area contributed by atoms with Crippen molar-refractivity contribution in [3.63, 3.8) is 0 Å². The molecule has 3 aromatic rings. The number of carbonyl (C=O) groups excluding carboxylic acids is 1. The quantitative estimate of drug-likeness (QED) is 0.240. The van der Waals surface area contributed by atoms with Crippen LogP contribution in [0.1, 0.15) is 17.0 Å². The summed E-state index contributed by atoms with van der Waals surface area (Å²) in [5, 5.41) is 4.04. The first-order chi connectivity index (χ1) is 15.1. The number of nitrogens with zero attached hydrogens (tertiary/aromatic N) is 3. The molecule has 0 saturated heterocycles. The summed E-state index contributed by atoms with van der Waals surface area (Å²) >= 11 is 5.62. The minimum atomic E-state index is -3.64. The van der Waals surface area contributed by atoms with E-state index in [0.29, 0.717) is 5.69 Å². The van der Waals surface area contributed by atoms with Crippen LogP contribution in [0.2, 0.25) is 0 Å². The van der Waals surface area contributed by atoms with Crippen molar-refractivity contribution in [1.29, 1.82) is 0 Å². The van der Waals surface area contributed by atoms with Gasteiger partial charge in [-0.1, -0.05) is 22.0 Å². The van der Waals surface area contributed by atoms with Gasteiger partial charge in [-0.3, -0.25) is 9.10 Å². The molecule has 0 atom stereocenters. The van der Waals surface area contributed by atoms with Gasteiger partial charge in [0.2, 0.25) is 10.0 Å². The molecule has 10 heteroatoms. The zero-order chi connectivity index (χ0) is 23.5. The summed E-state index contributed by atoms with van der Waals surface area (Å²) in [7, 11) is -3.64. The molecule has 0 bridgehead atoms. The van der Waals surface area contributed by atoms with Gasteiger partial charge < -0.3 is 4.57 Å². The van der Waals surface area contributed by atoms with Crippen LogP contribution < -0.4 is 9.73 Å². The highest BCUT2D eigenvalue weighted by atomic mass is 127. The lowest BCUT2D eigenvalue weighted by molar-refractivity contribution is -0.119. The molecular formula is C22H22BrIN4O3S. The molecule has 1 amide bonds. The van der Waals surface area contributed by atoms with E-state index in [0.717, 1.165) is 41.2 Å². The van der Waals surface area contributed by atoms with Crippen molar-refractivity contribution >= 4 is 66.4 Å². The van der Waals surface area contributed by atoms with E-state index >= 15 is 0 Å². The number of nitrogens with one attached hydrogen (secondary N) is 1. The molecule has 0 aliphatic heterocycles. The van der Waals surface area contributed by atoms with Gasteiger partial charge in [-0.05, 0) is 85.0 Å². The fourth-order valence-corrected chi connectivity index (χ4v) is 4.88. The molecule has 1 heterocycles. The molecule has 0 aliphatic rings. The van der Waals surface area contributed by atoms with Crippen molar-refractivity contribution < 1.29 is 13.2 Å². The molecule has 0 radical (unpaired) electrons. The SMILES string of the molecule is Cc1cc(/C=N\NC(=O)CN(c2ccc(I)cc2)S(C)(=O)=O)c(C)n1-c1cccc(Br)c1. The summed E-state index contributed by atoms with van der Waals surface area (Å²) < 4.78 is 29.5. The molecule has 0 aliphatic carbocycles. The minimum Gasteiger partial charge on any atom is -0.318 e. The van der Waals surface area contributed by atoms with Gasteiger partial charge in [0.25, 0.3) is 5.91 Å². The Morgan fingerprint density at radius 3 is 2.50 bits per heavy atom. The van der Waals surface area contributed by atoms with Crippen LogP contribution in [-0.2, 0) is 14.8 Å². The lowest BCUT2D eigenvalue weighted by Gasteiger charge is -2.21. The molecule has 2 aromatic carbocycles. The predicted octanol–water partition coefficient (Wildman–Crippen LogP) is 4.38. The van der Waals surface area contributed by atoms with Gasteiger partial charge in [-0.2, -0.15) is 5.10 Å². The molecule has 3 rings (SSSR count). The smallest absolute Gasteiger partial charge is 0.260 e. The van der Waals surface area contributed by atoms with Gasteiger partial charge in [-0.15, -0.1) is 0 Å². The number of anilines is 1. The average Bonchev–Trinajstić information content (AvgIpc) is 2.99. The van der Waals surface area contributed by atoms with Crippen molar-refractivity contribution in [2.45, 2.75) is 13.8 Å². The maximum atomic E-state index is 12.4. The lowest BCUT2D eigenvalue weighted by atomic mass is 10.2. The van der Waals surface area contributed by atoms with Gasteiger partial charge >= 0.3 is 0 Å².